The van der Waals surface area contributed by atoms with E-state index in [1.807, 2.05) is 4.90 Å². The van der Waals surface area contributed by atoms with E-state index in [0.717, 1.165) is 13.1 Å². The number of carbonyl (C=O) groups excluding carboxylic acids is 1. The lowest BCUT2D eigenvalue weighted by molar-refractivity contribution is -0.159. The number of nitrogens with zero attached hydrogens (tertiary/aromatic N) is 1. The van der Waals surface area contributed by atoms with Crippen molar-refractivity contribution in [3.8, 4) is 0 Å². The topological polar surface area (TPSA) is 38.8 Å². The number of ether oxygens (including phenoxy) is 2. The van der Waals surface area contributed by atoms with Crippen molar-refractivity contribution < 1.29 is 27.4 Å². The second-order valence-corrected chi connectivity index (χ2v) is 3.79. The molecular weight excluding hydrogens is 239 g/mol. The third-order valence-corrected chi connectivity index (χ3v) is 2.38. The monoisotopic (exact) mass is 255 g/mol. The van der Waals surface area contributed by atoms with E-state index in [1.54, 1.807) is 0 Å². The minimum Gasteiger partial charge on any atom is -0.465 e. The van der Waals surface area contributed by atoms with Crippen LogP contribution in [0.4, 0.5) is 13.2 Å². The Morgan fingerprint density at radius 3 is 2.53 bits per heavy atom. The van der Waals surface area contributed by atoms with Crippen LogP contribution in [0.2, 0.25) is 0 Å². The first kappa shape index (κ1) is 14.2. The van der Waals surface area contributed by atoms with Gasteiger partial charge in [0.25, 0.3) is 0 Å². The average Bonchev–Trinajstić information content (AvgIpc) is 2.26. The fourth-order valence-corrected chi connectivity index (χ4v) is 1.43. The van der Waals surface area contributed by atoms with Crippen LogP contribution in [0.15, 0.2) is 0 Å². The van der Waals surface area contributed by atoms with Gasteiger partial charge in [-0.3, -0.25) is 9.69 Å². The van der Waals surface area contributed by atoms with Gasteiger partial charge in [0.2, 0.25) is 0 Å². The van der Waals surface area contributed by atoms with E-state index in [9.17, 15) is 18.0 Å². The Kier molecular flexibility index (Phi) is 5.70. The molecule has 17 heavy (non-hydrogen) atoms. The Labute approximate surface area is 97.7 Å². The molecule has 0 aromatic heterocycles. The molecule has 0 N–H and O–H groups in total. The summed E-state index contributed by atoms with van der Waals surface area (Å²) < 4.78 is 44.9. The summed E-state index contributed by atoms with van der Waals surface area (Å²) in [5.74, 6) is -0.583. The summed E-state index contributed by atoms with van der Waals surface area (Å²) in [6.45, 7) is 2.66. The zero-order valence-corrected chi connectivity index (χ0v) is 9.46. The number of hydrogen-bond donors (Lipinski definition) is 0. The lowest BCUT2D eigenvalue weighted by Gasteiger charge is -2.25. The number of esters is 1. The summed E-state index contributed by atoms with van der Waals surface area (Å²) in [6, 6.07) is 0. The SMILES string of the molecule is O=C(CCN1CCOCC1)OCCC(F)(F)F. The zero-order chi connectivity index (χ0) is 12.7. The minimum atomic E-state index is -4.27. The van der Waals surface area contributed by atoms with Crippen molar-refractivity contribution in [2.24, 2.45) is 0 Å². The van der Waals surface area contributed by atoms with Gasteiger partial charge in [-0.15, -0.1) is 0 Å². The molecule has 7 heteroatoms. The van der Waals surface area contributed by atoms with Gasteiger partial charge in [-0.2, -0.15) is 13.2 Å². The summed E-state index contributed by atoms with van der Waals surface area (Å²) in [7, 11) is 0. The summed E-state index contributed by atoms with van der Waals surface area (Å²) in [4.78, 5) is 13.1. The Balaban J connectivity index is 2.04. The highest BCUT2D eigenvalue weighted by Gasteiger charge is 2.27. The Hall–Kier alpha value is -0.820. The number of hydrogen-bond acceptors (Lipinski definition) is 4. The summed E-state index contributed by atoms with van der Waals surface area (Å²) >= 11 is 0. The predicted octanol–water partition coefficient (Wildman–Crippen LogP) is 1.20. The molecule has 0 saturated carbocycles. The maximum absolute atomic E-state index is 11.8. The average molecular weight is 255 g/mol. The minimum absolute atomic E-state index is 0.123. The lowest BCUT2D eigenvalue weighted by Crippen LogP contribution is -2.37. The number of alkyl halides is 3. The molecule has 1 rings (SSSR count). The van der Waals surface area contributed by atoms with Gasteiger partial charge in [0, 0.05) is 19.6 Å². The zero-order valence-electron chi connectivity index (χ0n) is 9.46. The van der Waals surface area contributed by atoms with Crippen molar-refractivity contribution in [1.29, 1.82) is 0 Å². The van der Waals surface area contributed by atoms with E-state index in [0.29, 0.717) is 19.8 Å². The first-order chi connectivity index (χ1) is 7.97. The smallest absolute Gasteiger partial charge is 0.392 e. The van der Waals surface area contributed by atoms with Crippen molar-refractivity contribution >= 4 is 5.97 Å². The molecule has 0 spiro atoms. The molecular formula is C10H16F3NO3. The van der Waals surface area contributed by atoms with E-state index < -0.39 is 25.2 Å². The second-order valence-electron chi connectivity index (χ2n) is 3.79. The normalized spacial score (nSPS) is 18.1. The van der Waals surface area contributed by atoms with Crippen molar-refractivity contribution in [3.63, 3.8) is 0 Å². The van der Waals surface area contributed by atoms with Gasteiger partial charge in [-0.1, -0.05) is 0 Å². The molecule has 0 aromatic rings. The molecule has 1 aliphatic rings. The van der Waals surface area contributed by atoms with Crippen molar-refractivity contribution in [2.75, 3.05) is 39.5 Å². The highest BCUT2D eigenvalue weighted by Crippen LogP contribution is 2.19. The number of carbonyl (C=O) groups is 1. The van der Waals surface area contributed by atoms with Gasteiger partial charge in [-0.05, 0) is 0 Å². The molecule has 1 heterocycles. The standard InChI is InChI=1S/C10H16F3NO3/c11-10(12,13)2-6-17-9(15)1-3-14-4-7-16-8-5-14/h1-8H2. The number of morpholine rings is 1. The van der Waals surface area contributed by atoms with E-state index in [4.69, 9.17) is 4.74 Å². The summed E-state index contributed by atoms with van der Waals surface area (Å²) in [6.07, 6.45) is -5.24. The van der Waals surface area contributed by atoms with Crippen LogP contribution in [0.3, 0.4) is 0 Å². The van der Waals surface area contributed by atoms with Gasteiger partial charge < -0.3 is 9.47 Å². The largest absolute Gasteiger partial charge is 0.465 e. The molecule has 1 aliphatic heterocycles. The van der Waals surface area contributed by atoms with Crippen molar-refractivity contribution in [1.82, 2.24) is 4.90 Å². The van der Waals surface area contributed by atoms with Crippen LogP contribution < -0.4 is 0 Å². The van der Waals surface area contributed by atoms with Crippen LogP contribution in [0.5, 0.6) is 0 Å². The molecule has 0 aliphatic carbocycles. The van der Waals surface area contributed by atoms with Gasteiger partial charge in [-0.25, -0.2) is 0 Å². The molecule has 0 radical (unpaired) electrons. The number of halogens is 3. The third-order valence-electron chi connectivity index (χ3n) is 2.38. The predicted molar refractivity (Wildman–Crippen MR) is 53.5 cm³/mol. The van der Waals surface area contributed by atoms with Crippen molar-refractivity contribution in [2.45, 2.75) is 19.0 Å². The van der Waals surface area contributed by atoms with E-state index >= 15 is 0 Å². The molecule has 0 atom stereocenters. The molecule has 0 unspecified atom stereocenters. The van der Waals surface area contributed by atoms with Crippen LogP contribution in [-0.4, -0.2) is 56.5 Å². The molecule has 1 fully saturated rings. The molecule has 0 aromatic carbocycles. The quantitative estimate of drug-likeness (QED) is 0.692. The van der Waals surface area contributed by atoms with Gasteiger partial charge in [0.15, 0.2) is 0 Å². The van der Waals surface area contributed by atoms with Gasteiger partial charge >= 0.3 is 12.1 Å². The highest BCUT2D eigenvalue weighted by molar-refractivity contribution is 5.69. The maximum Gasteiger partial charge on any atom is 0.392 e. The van der Waals surface area contributed by atoms with E-state index in [-0.39, 0.29) is 6.42 Å². The number of rotatable bonds is 5. The van der Waals surface area contributed by atoms with Crippen LogP contribution in [0.25, 0.3) is 0 Å². The third kappa shape index (κ3) is 7.17. The molecule has 0 bridgehead atoms. The van der Waals surface area contributed by atoms with E-state index in [2.05, 4.69) is 4.74 Å². The van der Waals surface area contributed by atoms with Crippen LogP contribution in [0, 0.1) is 0 Å². The summed E-state index contributed by atoms with van der Waals surface area (Å²) in [5, 5.41) is 0. The van der Waals surface area contributed by atoms with Gasteiger partial charge in [0.05, 0.1) is 32.7 Å². The van der Waals surface area contributed by atoms with Crippen LogP contribution >= 0.6 is 0 Å². The first-order valence-corrected chi connectivity index (χ1v) is 5.50. The fraction of sp³-hybridized carbons (Fsp3) is 0.900. The first-order valence-electron chi connectivity index (χ1n) is 5.50. The molecule has 1 saturated heterocycles. The molecule has 100 valence electrons. The Bertz CT molecular complexity index is 239. The van der Waals surface area contributed by atoms with Crippen molar-refractivity contribution in [3.05, 3.63) is 0 Å². The van der Waals surface area contributed by atoms with E-state index in [1.165, 1.54) is 0 Å². The Morgan fingerprint density at radius 2 is 1.94 bits per heavy atom. The second kappa shape index (κ2) is 6.80. The lowest BCUT2D eigenvalue weighted by atomic mass is 10.3. The highest BCUT2D eigenvalue weighted by atomic mass is 19.4. The molecule has 4 nitrogen and oxygen atoms in total. The molecule has 0 amide bonds. The fourth-order valence-electron chi connectivity index (χ4n) is 1.43. The van der Waals surface area contributed by atoms with Crippen LogP contribution in [-0.2, 0) is 14.3 Å². The summed E-state index contributed by atoms with van der Waals surface area (Å²) in [5.41, 5.74) is 0. The maximum atomic E-state index is 11.8. The Morgan fingerprint density at radius 1 is 1.29 bits per heavy atom. The van der Waals surface area contributed by atoms with Crippen LogP contribution in [0.1, 0.15) is 12.8 Å². The van der Waals surface area contributed by atoms with Gasteiger partial charge in [0.1, 0.15) is 0 Å².